The molecule has 1 aromatic carbocycles. The van der Waals surface area contributed by atoms with Gasteiger partial charge in [0.25, 0.3) is 10.1 Å². The lowest BCUT2D eigenvalue weighted by Crippen LogP contribution is -2.08. The van der Waals surface area contributed by atoms with E-state index in [9.17, 15) is 8.42 Å². The van der Waals surface area contributed by atoms with Crippen molar-refractivity contribution in [2.75, 3.05) is 12.1 Å². The Morgan fingerprint density at radius 2 is 1.59 bits per heavy atom. The van der Waals surface area contributed by atoms with Crippen LogP contribution in [0.2, 0.25) is 0 Å². The molecule has 2 N–H and O–H groups in total. The van der Waals surface area contributed by atoms with Crippen molar-refractivity contribution < 1.29 is 17.8 Å². The Morgan fingerprint density at radius 3 is 2.23 bits per heavy atom. The zero-order valence-corrected chi connectivity index (χ0v) is 14.1. The SMILES string of the molecule is CCCCCCCCCCONc1ccccc1S(=O)(=O)O. The minimum Gasteiger partial charge on any atom is -0.282 e. The van der Waals surface area contributed by atoms with E-state index in [1.54, 1.807) is 18.2 Å². The molecule has 0 bridgehead atoms. The summed E-state index contributed by atoms with van der Waals surface area (Å²) in [6.07, 6.45) is 9.71. The summed E-state index contributed by atoms with van der Waals surface area (Å²) in [7, 11) is -4.24. The summed E-state index contributed by atoms with van der Waals surface area (Å²) in [6, 6.07) is 6.11. The number of anilines is 1. The molecule has 0 aliphatic rings. The second kappa shape index (κ2) is 10.6. The van der Waals surface area contributed by atoms with Gasteiger partial charge in [0, 0.05) is 0 Å². The van der Waals surface area contributed by atoms with Crippen LogP contribution in [0.1, 0.15) is 58.3 Å². The smallest absolute Gasteiger partial charge is 0.282 e. The number of nitrogens with one attached hydrogen (secondary N) is 1. The van der Waals surface area contributed by atoms with Gasteiger partial charge in [0.05, 0.1) is 12.3 Å². The van der Waals surface area contributed by atoms with Gasteiger partial charge in [-0.2, -0.15) is 8.42 Å². The third kappa shape index (κ3) is 7.77. The van der Waals surface area contributed by atoms with Crippen molar-refractivity contribution in [3.05, 3.63) is 24.3 Å². The third-order valence-electron chi connectivity index (χ3n) is 3.45. The number of hydrogen-bond donors (Lipinski definition) is 2. The summed E-state index contributed by atoms with van der Waals surface area (Å²) in [5, 5.41) is 0. The Kier molecular flexibility index (Phi) is 9.11. The van der Waals surface area contributed by atoms with E-state index in [2.05, 4.69) is 12.4 Å². The summed E-state index contributed by atoms with van der Waals surface area (Å²) >= 11 is 0. The molecule has 0 radical (unpaired) electrons. The van der Waals surface area contributed by atoms with Crippen LogP contribution in [-0.2, 0) is 15.0 Å². The van der Waals surface area contributed by atoms with Crippen LogP contribution >= 0.6 is 0 Å². The van der Waals surface area contributed by atoms with Crippen LogP contribution in [0.3, 0.4) is 0 Å². The van der Waals surface area contributed by atoms with E-state index >= 15 is 0 Å². The molecule has 0 atom stereocenters. The van der Waals surface area contributed by atoms with Crippen molar-refractivity contribution in [1.82, 2.24) is 0 Å². The highest BCUT2D eigenvalue weighted by molar-refractivity contribution is 7.86. The fraction of sp³-hybridized carbons (Fsp3) is 0.625. The van der Waals surface area contributed by atoms with Gasteiger partial charge in [0.15, 0.2) is 0 Å². The second-order valence-corrected chi connectivity index (χ2v) is 6.79. The van der Waals surface area contributed by atoms with Crippen LogP contribution in [0, 0.1) is 0 Å². The largest absolute Gasteiger partial charge is 0.296 e. The average molecular weight is 329 g/mol. The average Bonchev–Trinajstić information content (AvgIpc) is 2.48. The Hall–Kier alpha value is -1.11. The van der Waals surface area contributed by atoms with Crippen LogP contribution in [0.25, 0.3) is 0 Å². The topological polar surface area (TPSA) is 75.6 Å². The molecular weight excluding hydrogens is 302 g/mol. The molecule has 5 nitrogen and oxygen atoms in total. The molecule has 0 heterocycles. The minimum atomic E-state index is -4.24. The van der Waals surface area contributed by atoms with Gasteiger partial charge in [-0.25, -0.2) is 0 Å². The van der Waals surface area contributed by atoms with Crippen molar-refractivity contribution in [1.29, 1.82) is 0 Å². The van der Waals surface area contributed by atoms with E-state index in [4.69, 9.17) is 9.39 Å². The van der Waals surface area contributed by atoms with Gasteiger partial charge >= 0.3 is 0 Å². The van der Waals surface area contributed by atoms with Gasteiger partial charge in [0.2, 0.25) is 0 Å². The highest BCUT2D eigenvalue weighted by Crippen LogP contribution is 2.20. The van der Waals surface area contributed by atoms with Crippen molar-refractivity contribution in [2.24, 2.45) is 0 Å². The van der Waals surface area contributed by atoms with E-state index in [1.165, 1.54) is 44.6 Å². The molecule has 0 fully saturated rings. The van der Waals surface area contributed by atoms with Crippen LogP contribution in [0.15, 0.2) is 29.2 Å². The van der Waals surface area contributed by atoms with Gasteiger partial charge < -0.3 is 0 Å². The molecule has 0 spiro atoms. The quantitative estimate of drug-likeness (QED) is 0.337. The summed E-state index contributed by atoms with van der Waals surface area (Å²) in [5.41, 5.74) is 2.85. The van der Waals surface area contributed by atoms with Crippen LogP contribution in [0.5, 0.6) is 0 Å². The summed E-state index contributed by atoms with van der Waals surface area (Å²) in [5.74, 6) is 0. The molecule has 0 saturated heterocycles. The molecule has 1 aromatic rings. The highest BCUT2D eigenvalue weighted by atomic mass is 32.2. The van der Waals surface area contributed by atoms with Gasteiger partial charge in [-0.05, 0) is 18.6 Å². The highest BCUT2D eigenvalue weighted by Gasteiger charge is 2.14. The lowest BCUT2D eigenvalue weighted by molar-refractivity contribution is 0.186. The Morgan fingerprint density at radius 1 is 1.00 bits per heavy atom. The van der Waals surface area contributed by atoms with Crippen molar-refractivity contribution >= 4 is 15.8 Å². The summed E-state index contributed by atoms with van der Waals surface area (Å²) < 4.78 is 31.5. The molecule has 0 amide bonds. The predicted molar refractivity (Wildman–Crippen MR) is 88.4 cm³/mol. The number of hydrogen-bond acceptors (Lipinski definition) is 4. The maximum absolute atomic E-state index is 11.2. The van der Waals surface area contributed by atoms with Crippen molar-refractivity contribution in [2.45, 2.75) is 63.2 Å². The zero-order chi connectivity index (χ0) is 16.3. The zero-order valence-electron chi connectivity index (χ0n) is 13.3. The number of rotatable bonds is 12. The normalized spacial score (nSPS) is 11.5. The monoisotopic (exact) mass is 329 g/mol. The lowest BCUT2D eigenvalue weighted by atomic mass is 10.1. The Balaban J connectivity index is 2.16. The molecular formula is C16H27NO4S. The molecule has 0 aliphatic carbocycles. The first-order valence-electron chi connectivity index (χ1n) is 8.00. The standard InChI is InChI=1S/C16H27NO4S/c1-2-3-4-5-6-7-8-11-14-21-17-15-12-9-10-13-16(15)22(18,19)20/h9-10,12-13,17H,2-8,11,14H2,1H3,(H,18,19,20). The van der Waals surface area contributed by atoms with E-state index in [0.717, 1.165) is 12.8 Å². The van der Waals surface area contributed by atoms with E-state index in [1.807, 2.05) is 0 Å². The molecule has 0 aromatic heterocycles. The maximum Gasteiger partial charge on any atom is 0.296 e. The van der Waals surface area contributed by atoms with Crippen LogP contribution < -0.4 is 5.48 Å². The van der Waals surface area contributed by atoms with Crippen LogP contribution in [0.4, 0.5) is 5.69 Å². The van der Waals surface area contributed by atoms with Gasteiger partial charge in [0.1, 0.15) is 4.90 Å². The van der Waals surface area contributed by atoms with Crippen LogP contribution in [-0.4, -0.2) is 19.6 Å². The molecule has 0 saturated carbocycles. The van der Waals surface area contributed by atoms with Gasteiger partial charge in [-0.15, -0.1) is 0 Å². The fourth-order valence-corrected chi connectivity index (χ4v) is 2.85. The second-order valence-electron chi connectivity index (χ2n) is 5.40. The maximum atomic E-state index is 11.2. The van der Waals surface area contributed by atoms with Gasteiger partial charge in [-0.1, -0.05) is 64.0 Å². The molecule has 1 rings (SSSR count). The first-order valence-corrected chi connectivity index (χ1v) is 9.44. The fourth-order valence-electron chi connectivity index (χ4n) is 2.21. The lowest BCUT2D eigenvalue weighted by Gasteiger charge is -2.10. The number of benzene rings is 1. The Bertz CT molecular complexity index is 517. The third-order valence-corrected chi connectivity index (χ3v) is 4.36. The predicted octanol–water partition coefficient (Wildman–Crippen LogP) is 4.42. The molecule has 22 heavy (non-hydrogen) atoms. The minimum absolute atomic E-state index is 0.175. The first-order chi connectivity index (χ1) is 10.6. The summed E-state index contributed by atoms with van der Waals surface area (Å²) in [4.78, 5) is 5.10. The van der Waals surface area contributed by atoms with Crippen molar-refractivity contribution in [3.8, 4) is 0 Å². The van der Waals surface area contributed by atoms with E-state index < -0.39 is 10.1 Å². The first kappa shape index (κ1) is 18.9. The Labute approximate surface area is 133 Å². The molecule has 0 aliphatic heterocycles. The van der Waals surface area contributed by atoms with E-state index in [0.29, 0.717) is 6.61 Å². The van der Waals surface area contributed by atoms with E-state index in [-0.39, 0.29) is 10.6 Å². The van der Waals surface area contributed by atoms with Crippen molar-refractivity contribution in [3.63, 3.8) is 0 Å². The molecule has 0 unspecified atom stereocenters. The van der Waals surface area contributed by atoms with Gasteiger partial charge in [-0.3, -0.25) is 14.9 Å². The summed E-state index contributed by atoms with van der Waals surface area (Å²) in [6.45, 7) is 2.72. The number of para-hydroxylation sites is 1. The number of unbranched alkanes of at least 4 members (excludes halogenated alkanes) is 7. The molecule has 126 valence electrons. The molecule has 6 heteroatoms.